The Morgan fingerprint density at radius 2 is 2.53 bits per heavy atom. The molecule has 0 radical (unpaired) electrons. The Morgan fingerprint density at radius 3 is 3.35 bits per heavy atom. The first-order valence-corrected chi connectivity index (χ1v) is 5.90. The van der Waals surface area contributed by atoms with E-state index in [2.05, 4.69) is 27.6 Å². The van der Waals surface area contributed by atoms with E-state index < -0.39 is 0 Å². The normalized spacial score (nSPS) is 13.0. The molecule has 0 aliphatic carbocycles. The highest BCUT2D eigenvalue weighted by Gasteiger charge is 2.16. The summed E-state index contributed by atoms with van der Waals surface area (Å²) in [7, 11) is 2.07. The summed E-state index contributed by atoms with van der Waals surface area (Å²) in [6.45, 7) is 3.07. The molecule has 0 saturated heterocycles. The Morgan fingerprint density at radius 1 is 1.65 bits per heavy atom. The van der Waals surface area contributed by atoms with Crippen LogP contribution in [-0.2, 0) is 11.2 Å². The van der Waals surface area contributed by atoms with Gasteiger partial charge in [0, 0.05) is 44.1 Å². The molecule has 0 unspecified atom stereocenters. The number of nitrogens with zero attached hydrogens (tertiary/aromatic N) is 2. The van der Waals surface area contributed by atoms with Crippen molar-refractivity contribution in [2.75, 3.05) is 43.4 Å². The molecule has 0 spiro atoms. The number of hydrogen-bond acceptors (Lipinski definition) is 5. The van der Waals surface area contributed by atoms with Crippen LogP contribution in [0.5, 0.6) is 0 Å². The second kappa shape index (κ2) is 5.63. The molecular weight excluding hydrogens is 216 g/mol. The van der Waals surface area contributed by atoms with Gasteiger partial charge < -0.3 is 20.3 Å². The van der Waals surface area contributed by atoms with Gasteiger partial charge in [-0.05, 0) is 12.5 Å². The topological polar surface area (TPSA) is 57.3 Å². The van der Waals surface area contributed by atoms with E-state index in [0.717, 1.165) is 38.2 Å². The van der Waals surface area contributed by atoms with E-state index in [1.165, 1.54) is 11.3 Å². The number of fused-ring (bicyclic) bond motifs is 1. The maximum atomic E-state index is 10.2. The smallest absolute Gasteiger partial charge is 0.133 e. The van der Waals surface area contributed by atoms with Crippen LogP contribution in [0.25, 0.3) is 0 Å². The molecule has 5 nitrogen and oxygen atoms in total. The molecule has 17 heavy (non-hydrogen) atoms. The largest absolute Gasteiger partial charge is 0.373 e. The van der Waals surface area contributed by atoms with Gasteiger partial charge in [-0.15, -0.1) is 0 Å². The fourth-order valence-corrected chi connectivity index (χ4v) is 2.07. The van der Waals surface area contributed by atoms with E-state index in [-0.39, 0.29) is 0 Å². The van der Waals surface area contributed by atoms with Crippen LogP contribution < -0.4 is 15.5 Å². The predicted molar refractivity (Wildman–Crippen MR) is 68.6 cm³/mol. The molecule has 0 fully saturated rings. The van der Waals surface area contributed by atoms with Crippen molar-refractivity contribution in [3.8, 4) is 0 Å². The Kier molecular flexibility index (Phi) is 3.93. The summed E-state index contributed by atoms with van der Waals surface area (Å²) in [5.41, 5.74) is 2.53. The van der Waals surface area contributed by atoms with Gasteiger partial charge in [-0.25, -0.2) is 4.98 Å². The van der Waals surface area contributed by atoms with Crippen molar-refractivity contribution in [1.82, 2.24) is 10.3 Å². The maximum absolute atomic E-state index is 10.2. The molecule has 0 aromatic carbocycles. The molecule has 1 aliphatic heterocycles. The zero-order chi connectivity index (χ0) is 12.1. The number of aldehydes is 1. The summed E-state index contributed by atoms with van der Waals surface area (Å²) >= 11 is 0. The molecule has 0 bridgehead atoms. The second-order valence-electron chi connectivity index (χ2n) is 4.13. The van der Waals surface area contributed by atoms with Crippen LogP contribution >= 0.6 is 0 Å². The van der Waals surface area contributed by atoms with Crippen molar-refractivity contribution >= 4 is 17.8 Å². The molecule has 2 rings (SSSR count). The van der Waals surface area contributed by atoms with Crippen molar-refractivity contribution in [1.29, 1.82) is 0 Å². The second-order valence-corrected chi connectivity index (χ2v) is 4.13. The van der Waals surface area contributed by atoms with E-state index in [9.17, 15) is 4.79 Å². The molecule has 92 valence electrons. The van der Waals surface area contributed by atoms with Gasteiger partial charge >= 0.3 is 0 Å². The highest BCUT2D eigenvalue weighted by molar-refractivity contribution is 5.65. The van der Waals surface area contributed by atoms with E-state index in [0.29, 0.717) is 6.54 Å². The number of carbonyl (C=O) groups is 1. The number of rotatable bonds is 6. The zero-order valence-corrected chi connectivity index (χ0v) is 10.1. The minimum absolute atomic E-state index is 0.420. The molecule has 0 amide bonds. The summed E-state index contributed by atoms with van der Waals surface area (Å²) in [5, 5.41) is 6.33. The SMILES string of the molecule is CN(CCNCC=O)c1ccnc2c1CCN2. The molecule has 1 aromatic heterocycles. The van der Waals surface area contributed by atoms with Crippen molar-refractivity contribution in [3.63, 3.8) is 0 Å². The lowest BCUT2D eigenvalue weighted by atomic mass is 10.2. The van der Waals surface area contributed by atoms with Gasteiger partial charge in [0.15, 0.2) is 0 Å². The quantitative estimate of drug-likeness (QED) is 0.547. The average Bonchev–Trinajstić information content (AvgIpc) is 2.82. The monoisotopic (exact) mass is 234 g/mol. The third-order valence-corrected chi connectivity index (χ3v) is 2.96. The van der Waals surface area contributed by atoms with Gasteiger partial charge in [0.2, 0.25) is 0 Å². The first-order chi connectivity index (χ1) is 8.33. The number of hydrogen-bond donors (Lipinski definition) is 2. The van der Waals surface area contributed by atoms with Crippen LogP contribution in [0, 0.1) is 0 Å². The summed E-state index contributed by atoms with van der Waals surface area (Å²) in [5.74, 6) is 1.01. The van der Waals surface area contributed by atoms with Gasteiger partial charge in [-0.2, -0.15) is 0 Å². The van der Waals surface area contributed by atoms with E-state index in [1.807, 2.05) is 12.3 Å². The molecule has 1 aromatic rings. The lowest BCUT2D eigenvalue weighted by Gasteiger charge is -2.21. The van der Waals surface area contributed by atoms with Crippen molar-refractivity contribution in [3.05, 3.63) is 17.8 Å². The molecular formula is C12H18N4O. The van der Waals surface area contributed by atoms with E-state index in [4.69, 9.17) is 0 Å². The molecule has 2 heterocycles. The highest BCUT2D eigenvalue weighted by Crippen LogP contribution is 2.28. The summed E-state index contributed by atoms with van der Waals surface area (Å²) in [4.78, 5) is 16.7. The number of aromatic nitrogens is 1. The van der Waals surface area contributed by atoms with Crippen LogP contribution in [0.2, 0.25) is 0 Å². The molecule has 1 aliphatic rings. The maximum Gasteiger partial charge on any atom is 0.133 e. The van der Waals surface area contributed by atoms with Crippen LogP contribution in [0.15, 0.2) is 12.3 Å². The van der Waals surface area contributed by atoms with Crippen LogP contribution in [-0.4, -0.2) is 44.5 Å². The van der Waals surface area contributed by atoms with Crippen LogP contribution in [0.4, 0.5) is 11.5 Å². The molecule has 5 heteroatoms. The predicted octanol–water partition coefficient (Wildman–Crippen LogP) is 0.274. The fourth-order valence-electron chi connectivity index (χ4n) is 2.07. The van der Waals surface area contributed by atoms with Gasteiger partial charge in [-0.3, -0.25) is 0 Å². The lowest BCUT2D eigenvalue weighted by molar-refractivity contribution is -0.107. The first kappa shape index (κ1) is 11.9. The third-order valence-electron chi connectivity index (χ3n) is 2.96. The number of pyridine rings is 1. The zero-order valence-electron chi connectivity index (χ0n) is 10.1. The number of anilines is 2. The first-order valence-electron chi connectivity index (χ1n) is 5.90. The lowest BCUT2D eigenvalue weighted by Crippen LogP contribution is -2.30. The van der Waals surface area contributed by atoms with E-state index in [1.54, 1.807) is 0 Å². The minimum atomic E-state index is 0.420. The number of likely N-dealkylation sites (N-methyl/N-ethyl adjacent to an activating group) is 1. The Balaban J connectivity index is 1.97. The Bertz CT molecular complexity index is 394. The van der Waals surface area contributed by atoms with Crippen molar-refractivity contribution < 1.29 is 4.79 Å². The number of nitrogens with one attached hydrogen (secondary N) is 2. The minimum Gasteiger partial charge on any atom is -0.373 e. The average molecular weight is 234 g/mol. The number of carbonyl (C=O) groups excluding carboxylic acids is 1. The van der Waals surface area contributed by atoms with Crippen molar-refractivity contribution in [2.24, 2.45) is 0 Å². The van der Waals surface area contributed by atoms with Crippen LogP contribution in [0.1, 0.15) is 5.56 Å². The van der Waals surface area contributed by atoms with Gasteiger partial charge in [0.05, 0.1) is 6.54 Å². The Labute approximate surface area is 101 Å². The summed E-state index contributed by atoms with van der Waals surface area (Å²) < 4.78 is 0. The molecule has 0 atom stereocenters. The highest BCUT2D eigenvalue weighted by atomic mass is 16.1. The van der Waals surface area contributed by atoms with Gasteiger partial charge in [0.25, 0.3) is 0 Å². The third kappa shape index (κ3) is 2.74. The van der Waals surface area contributed by atoms with Crippen LogP contribution in [0.3, 0.4) is 0 Å². The molecule has 2 N–H and O–H groups in total. The Hall–Kier alpha value is -1.62. The summed E-state index contributed by atoms with van der Waals surface area (Å²) in [6.07, 6.45) is 3.75. The standard InChI is InChI=1S/C12H18N4O/c1-16(8-6-13-7-9-17)11-3-5-15-12-10(11)2-4-14-12/h3,5,9,13H,2,4,6-8H2,1H3,(H,14,15). The van der Waals surface area contributed by atoms with E-state index >= 15 is 0 Å². The van der Waals surface area contributed by atoms with Gasteiger partial charge in [-0.1, -0.05) is 0 Å². The fraction of sp³-hybridized carbons (Fsp3) is 0.500. The summed E-state index contributed by atoms with van der Waals surface area (Å²) in [6, 6.07) is 2.05. The molecule has 0 saturated carbocycles. The van der Waals surface area contributed by atoms with Crippen molar-refractivity contribution in [2.45, 2.75) is 6.42 Å². The van der Waals surface area contributed by atoms with Gasteiger partial charge in [0.1, 0.15) is 12.1 Å².